The molecule has 0 aromatic carbocycles. The minimum absolute atomic E-state index is 0.0437. The molecule has 0 aliphatic heterocycles. The maximum atomic E-state index is 12.0. The van der Waals surface area contributed by atoms with Crippen molar-refractivity contribution in [2.45, 2.75) is 31.8 Å². The van der Waals surface area contributed by atoms with Gasteiger partial charge >= 0.3 is 0 Å². The quantitative estimate of drug-likeness (QED) is 0.475. The number of hydrogen-bond acceptors (Lipinski definition) is 7. The van der Waals surface area contributed by atoms with Crippen LogP contribution in [0, 0.1) is 13.8 Å². The van der Waals surface area contributed by atoms with Gasteiger partial charge in [-0.05, 0) is 32.1 Å². The van der Waals surface area contributed by atoms with E-state index in [0.29, 0.717) is 30.5 Å². The molecular weight excluding hydrogens is 356 g/mol. The molecule has 26 heavy (non-hydrogen) atoms. The summed E-state index contributed by atoms with van der Waals surface area (Å²) >= 11 is 1.46. The summed E-state index contributed by atoms with van der Waals surface area (Å²) in [6.07, 6.45) is 2.70. The second-order valence-electron chi connectivity index (χ2n) is 5.69. The Morgan fingerprint density at radius 2 is 1.96 bits per heavy atom. The Kier molecular flexibility index (Phi) is 7.34. The van der Waals surface area contributed by atoms with Crippen LogP contribution in [0.1, 0.15) is 23.4 Å². The molecule has 0 radical (unpaired) electrons. The monoisotopic (exact) mass is 380 g/mol. The number of aryl methyl sites for hydroxylation is 2. The van der Waals surface area contributed by atoms with Crippen LogP contribution in [0.3, 0.4) is 0 Å². The first-order valence-electron chi connectivity index (χ1n) is 8.25. The average Bonchev–Trinajstić information content (AvgIpc) is 3.03. The number of nitrogens with zero attached hydrogens (tertiary/aromatic N) is 4. The Morgan fingerprint density at radius 1 is 1.19 bits per heavy atom. The zero-order chi connectivity index (χ0) is 19.1. The van der Waals surface area contributed by atoms with Gasteiger partial charge < -0.3 is 15.4 Å². The van der Waals surface area contributed by atoms with Crippen LogP contribution in [0.2, 0.25) is 0 Å². The fourth-order valence-corrected chi connectivity index (χ4v) is 2.84. The van der Waals surface area contributed by atoms with Gasteiger partial charge in [0.2, 0.25) is 17.0 Å². The third-order valence-electron chi connectivity index (χ3n) is 3.89. The molecule has 0 fully saturated rings. The molecule has 2 amide bonds. The molecule has 142 valence electrons. The molecule has 10 heteroatoms. The maximum Gasteiger partial charge on any atom is 0.253 e. The predicted octanol–water partition coefficient (Wildman–Crippen LogP) is 0.274. The highest BCUT2D eigenvalue weighted by Gasteiger charge is 2.14. The summed E-state index contributed by atoms with van der Waals surface area (Å²) in [5, 5.41) is 10.3. The molecule has 2 aromatic rings. The van der Waals surface area contributed by atoms with Gasteiger partial charge in [0.1, 0.15) is 0 Å². The van der Waals surface area contributed by atoms with Gasteiger partial charge in [0.25, 0.3) is 5.78 Å². The lowest BCUT2D eigenvalue weighted by Crippen LogP contribution is -2.38. The number of hydrogen-bond donors (Lipinski definition) is 2. The highest BCUT2D eigenvalue weighted by atomic mass is 32.2. The SMILES string of the molecule is COCCNC(=O)CNC(=O)CCc1c(C)nc2nc(SC)nn2c1C. The molecule has 2 aromatic heterocycles. The molecule has 2 heterocycles. The number of methoxy groups -OCH3 is 1. The Hall–Kier alpha value is -2.20. The summed E-state index contributed by atoms with van der Waals surface area (Å²) in [6, 6.07) is 0. The zero-order valence-corrected chi connectivity index (χ0v) is 16.3. The van der Waals surface area contributed by atoms with E-state index in [9.17, 15) is 9.59 Å². The highest BCUT2D eigenvalue weighted by molar-refractivity contribution is 7.98. The molecule has 0 saturated heterocycles. The van der Waals surface area contributed by atoms with Crippen molar-refractivity contribution in [2.75, 3.05) is 33.1 Å². The first kappa shape index (κ1) is 20.1. The molecular formula is C16H24N6O3S. The highest BCUT2D eigenvalue weighted by Crippen LogP contribution is 2.17. The van der Waals surface area contributed by atoms with E-state index in [1.807, 2.05) is 20.1 Å². The molecule has 0 saturated carbocycles. The lowest BCUT2D eigenvalue weighted by molar-refractivity contribution is -0.126. The number of nitrogens with one attached hydrogen (secondary N) is 2. The van der Waals surface area contributed by atoms with E-state index in [0.717, 1.165) is 17.0 Å². The van der Waals surface area contributed by atoms with E-state index >= 15 is 0 Å². The number of thioether (sulfide) groups is 1. The van der Waals surface area contributed by atoms with E-state index in [1.54, 1.807) is 11.6 Å². The topological polar surface area (TPSA) is 111 Å². The van der Waals surface area contributed by atoms with E-state index < -0.39 is 0 Å². The van der Waals surface area contributed by atoms with E-state index in [1.165, 1.54) is 11.8 Å². The lowest BCUT2D eigenvalue weighted by Gasteiger charge is -2.10. The number of carbonyl (C=O) groups is 2. The number of rotatable bonds is 9. The minimum Gasteiger partial charge on any atom is -0.383 e. The van der Waals surface area contributed by atoms with Crippen molar-refractivity contribution in [1.82, 2.24) is 30.2 Å². The molecule has 0 unspecified atom stereocenters. The van der Waals surface area contributed by atoms with Gasteiger partial charge in [-0.1, -0.05) is 11.8 Å². The number of fused-ring (bicyclic) bond motifs is 1. The summed E-state index contributed by atoms with van der Waals surface area (Å²) in [7, 11) is 1.56. The van der Waals surface area contributed by atoms with Gasteiger partial charge in [0, 0.05) is 31.5 Å². The minimum atomic E-state index is -0.238. The standard InChI is InChI=1S/C16H24N6O3S/c1-10-12(11(2)22-15(19-10)20-16(21-22)26-4)5-6-13(23)18-9-14(24)17-7-8-25-3/h5-9H2,1-4H3,(H,17,24)(H,18,23). The van der Waals surface area contributed by atoms with Crippen molar-refractivity contribution in [3.63, 3.8) is 0 Å². The molecule has 2 N–H and O–H groups in total. The molecule has 0 atom stereocenters. The normalized spacial score (nSPS) is 10.9. The zero-order valence-electron chi connectivity index (χ0n) is 15.5. The van der Waals surface area contributed by atoms with Crippen LogP contribution in [0.25, 0.3) is 5.78 Å². The van der Waals surface area contributed by atoms with Crippen LogP contribution < -0.4 is 10.6 Å². The van der Waals surface area contributed by atoms with Gasteiger partial charge in [-0.15, -0.1) is 5.10 Å². The Balaban J connectivity index is 1.92. The van der Waals surface area contributed by atoms with Gasteiger partial charge in [-0.25, -0.2) is 9.50 Å². The second kappa shape index (κ2) is 9.48. The van der Waals surface area contributed by atoms with Gasteiger partial charge in [0.05, 0.1) is 13.2 Å². The number of amides is 2. The molecule has 2 rings (SSSR count). The molecule has 0 aliphatic carbocycles. The van der Waals surface area contributed by atoms with Crippen LogP contribution in [0.15, 0.2) is 5.16 Å². The van der Waals surface area contributed by atoms with Crippen LogP contribution in [-0.2, 0) is 20.7 Å². The van der Waals surface area contributed by atoms with Crippen LogP contribution >= 0.6 is 11.8 Å². The Labute approximate surface area is 156 Å². The van der Waals surface area contributed by atoms with Crippen molar-refractivity contribution in [3.05, 3.63) is 17.0 Å². The number of aromatic nitrogens is 4. The molecule has 0 spiro atoms. The summed E-state index contributed by atoms with van der Waals surface area (Å²) in [5.74, 6) is 0.137. The van der Waals surface area contributed by atoms with E-state index in [4.69, 9.17) is 4.74 Å². The summed E-state index contributed by atoms with van der Waals surface area (Å²) in [4.78, 5) is 32.4. The first-order chi connectivity index (χ1) is 12.5. The van der Waals surface area contributed by atoms with Gasteiger partial charge in [0.15, 0.2) is 0 Å². The second-order valence-corrected chi connectivity index (χ2v) is 6.46. The van der Waals surface area contributed by atoms with Crippen molar-refractivity contribution in [3.8, 4) is 0 Å². The van der Waals surface area contributed by atoms with E-state index in [2.05, 4.69) is 25.7 Å². The molecule has 0 bridgehead atoms. The predicted molar refractivity (Wildman–Crippen MR) is 98.3 cm³/mol. The first-order valence-corrected chi connectivity index (χ1v) is 9.48. The van der Waals surface area contributed by atoms with E-state index in [-0.39, 0.29) is 24.8 Å². The summed E-state index contributed by atoms with van der Waals surface area (Å²) in [6.45, 7) is 4.66. The summed E-state index contributed by atoms with van der Waals surface area (Å²) in [5.41, 5.74) is 2.72. The van der Waals surface area contributed by atoms with Crippen molar-refractivity contribution in [2.24, 2.45) is 0 Å². The fraction of sp³-hybridized carbons (Fsp3) is 0.562. The van der Waals surface area contributed by atoms with Crippen molar-refractivity contribution in [1.29, 1.82) is 0 Å². The molecule has 9 nitrogen and oxygen atoms in total. The average molecular weight is 380 g/mol. The van der Waals surface area contributed by atoms with Crippen LogP contribution in [-0.4, -0.2) is 64.5 Å². The van der Waals surface area contributed by atoms with Gasteiger partial charge in [-0.2, -0.15) is 4.98 Å². The third-order valence-corrected chi connectivity index (χ3v) is 4.43. The van der Waals surface area contributed by atoms with Crippen LogP contribution in [0.4, 0.5) is 0 Å². The van der Waals surface area contributed by atoms with Crippen molar-refractivity contribution < 1.29 is 14.3 Å². The lowest BCUT2D eigenvalue weighted by atomic mass is 10.1. The third kappa shape index (κ3) is 5.15. The number of carbonyl (C=O) groups excluding carboxylic acids is 2. The van der Waals surface area contributed by atoms with Gasteiger partial charge in [-0.3, -0.25) is 9.59 Å². The largest absolute Gasteiger partial charge is 0.383 e. The Bertz CT molecular complexity index is 792. The number of ether oxygens (including phenoxy) is 1. The summed E-state index contributed by atoms with van der Waals surface area (Å²) < 4.78 is 6.55. The molecule has 0 aliphatic rings. The Morgan fingerprint density at radius 3 is 2.65 bits per heavy atom. The fourth-order valence-electron chi connectivity index (χ4n) is 2.50. The van der Waals surface area contributed by atoms with Crippen LogP contribution in [0.5, 0.6) is 0 Å². The van der Waals surface area contributed by atoms with Crippen molar-refractivity contribution >= 4 is 29.4 Å². The maximum absolute atomic E-state index is 12.0. The smallest absolute Gasteiger partial charge is 0.253 e.